The second-order valence-corrected chi connectivity index (χ2v) is 5.41. The van der Waals surface area contributed by atoms with Gasteiger partial charge >= 0.3 is 0 Å². The highest BCUT2D eigenvalue weighted by molar-refractivity contribution is 14.1. The average molecular weight is 331 g/mol. The van der Waals surface area contributed by atoms with Crippen LogP contribution >= 0.6 is 22.6 Å². The first-order valence-electron chi connectivity index (χ1n) is 5.88. The molecule has 2 rings (SSSR count). The van der Waals surface area contributed by atoms with Gasteiger partial charge in [0.25, 0.3) is 0 Å². The van der Waals surface area contributed by atoms with E-state index in [-0.39, 0.29) is 0 Å². The third-order valence-electron chi connectivity index (χ3n) is 2.95. The summed E-state index contributed by atoms with van der Waals surface area (Å²) in [6.07, 6.45) is 3.19. The van der Waals surface area contributed by atoms with Crippen molar-refractivity contribution in [3.63, 3.8) is 0 Å². The van der Waals surface area contributed by atoms with Gasteiger partial charge in [-0.1, -0.05) is 6.92 Å². The molecule has 0 N–H and O–H groups in total. The number of hydrogen-bond donors (Lipinski definition) is 0. The summed E-state index contributed by atoms with van der Waals surface area (Å²) in [6, 6.07) is 4.25. The molecule has 0 aromatic carbocycles. The van der Waals surface area contributed by atoms with E-state index >= 15 is 0 Å². The summed E-state index contributed by atoms with van der Waals surface area (Å²) in [5.41, 5.74) is 0. The second kappa shape index (κ2) is 5.82. The van der Waals surface area contributed by atoms with E-state index in [0.717, 1.165) is 18.9 Å². The highest BCUT2D eigenvalue weighted by atomic mass is 127. The fraction of sp³-hybridized carbons (Fsp3) is 0.583. The van der Waals surface area contributed by atoms with Crippen LogP contribution in [0.15, 0.2) is 18.3 Å². The lowest BCUT2D eigenvalue weighted by Crippen LogP contribution is -2.46. The van der Waals surface area contributed by atoms with E-state index in [0.29, 0.717) is 0 Å². The highest BCUT2D eigenvalue weighted by Crippen LogP contribution is 2.14. The number of rotatable bonds is 3. The van der Waals surface area contributed by atoms with Gasteiger partial charge in [0.15, 0.2) is 0 Å². The maximum absolute atomic E-state index is 4.47. The number of aromatic nitrogens is 1. The Labute approximate surface area is 111 Å². The van der Waals surface area contributed by atoms with Gasteiger partial charge in [0.1, 0.15) is 5.82 Å². The smallest absolute Gasteiger partial charge is 0.128 e. The molecule has 1 saturated heterocycles. The Balaban J connectivity index is 1.91. The lowest BCUT2D eigenvalue weighted by Gasteiger charge is -2.35. The van der Waals surface area contributed by atoms with E-state index in [1.165, 1.54) is 29.6 Å². The van der Waals surface area contributed by atoms with Gasteiger partial charge in [-0.2, -0.15) is 0 Å². The minimum Gasteiger partial charge on any atom is -0.354 e. The molecule has 1 aliphatic rings. The number of anilines is 1. The van der Waals surface area contributed by atoms with E-state index < -0.39 is 0 Å². The lowest BCUT2D eigenvalue weighted by molar-refractivity contribution is 0.258. The minimum absolute atomic E-state index is 1.10. The monoisotopic (exact) mass is 331 g/mol. The summed E-state index contributed by atoms with van der Waals surface area (Å²) in [6.45, 7) is 8.02. The number of nitrogens with zero attached hydrogens (tertiary/aromatic N) is 3. The van der Waals surface area contributed by atoms with E-state index in [4.69, 9.17) is 0 Å². The summed E-state index contributed by atoms with van der Waals surface area (Å²) in [4.78, 5) is 9.38. The van der Waals surface area contributed by atoms with Crippen LogP contribution in [0.4, 0.5) is 5.82 Å². The third-order valence-corrected chi connectivity index (χ3v) is 3.59. The molecule has 0 bridgehead atoms. The van der Waals surface area contributed by atoms with Crippen LogP contribution in [0.3, 0.4) is 0 Å². The molecule has 0 spiro atoms. The van der Waals surface area contributed by atoms with E-state index in [2.05, 4.69) is 56.4 Å². The van der Waals surface area contributed by atoms with Gasteiger partial charge < -0.3 is 4.90 Å². The molecule has 88 valence electrons. The molecular formula is C12H18IN3. The Morgan fingerprint density at radius 3 is 2.56 bits per heavy atom. The molecule has 0 amide bonds. The van der Waals surface area contributed by atoms with Crippen molar-refractivity contribution in [1.82, 2.24) is 9.88 Å². The zero-order chi connectivity index (χ0) is 11.4. The molecule has 0 saturated carbocycles. The quantitative estimate of drug-likeness (QED) is 0.792. The number of pyridine rings is 1. The normalized spacial score (nSPS) is 17.8. The Morgan fingerprint density at radius 2 is 2.00 bits per heavy atom. The summed E-state index contributed by atoms with van der Waals surface area (Å²) in [5.74, 6) is 1.12. The summed E-state index contributed by atoms with van der Waals surface area (Å²) in [5, 5.41) is 0. The summed E-state index contributed by atoms with van der Waals surface area (Å²) >= 11 is 2.29. The van der Waals surface area contributed by atoms with Gasteiger partial charge in [-0.05, 0) is 47.7 Å². The van der Waals surface area contributed by atoms with Crippen LogP contribution in [0, 0.1) is 3.57 Å². The Bertz CT molecular complexity index is 318. The van der Waals surface area contributed by atoms with Crippen molar-refractivity contribution >= 4 is 28.4 Å². The Morgan fingerprint density at radius 1 is 1.25 bits per heavy atom. The minimum atomic E-state index is 1.10. The number of piperazine rings is 1. The molecule has 0 unspecified atom stereocenters. The molecule has 1 aromatic heterocycles. The average Bonchev–Trinajstić information content (AvgIpc) is 2.32. The van der Waals surface area contributed by atoms with Crippen LogP contribution in [-0.4, -0.2) is 42.6 Å². The molecule has 16 heavy (non-hydrogen) atoms. The van der Waals surface area contributed by atoms with Gasteiger partial charge in [-0.3, -0.25) is 4.90 Å². The van der Waals surface area contributed by atoms with Gasteiger partial charge in [0.2, 0.25) is 0 Å². The van der Waals surface area contributed by atoms with Gasteiger partial charge in [0, 0.05) is 35.9 Å². The number of hydrogen-bond acceptors (Lipinski definition) is 3. The van der Waals surface area contributed by atoms with E-state index in [1.54, 1.807) is 0 Å². The molecule has 0 aliphatic carbocycles. The summed E-state index contributed by atoms with van der Waals surface area (Å²) in [7, 11) is 0. The molecule has 0 radical (unpaired) electrons. The molecular weight excluding hydrogens is 313 g/mol. The molecule has 1 aliphatic heterocycles. The van der Waals surface area contributed by atoms with Crippen molar-refractivity contribution in [1.29, 1.82) is 0 Å². The molecule has 2 heterocycles. The third kappa shape index (κ3) is 3.07. The first kappa shape index (κ1) is 12.1. The van der Waals surface area contributed by atoms with Crippen LogP contribution in [0.25, 0.3) is 0 Å². The van der Waals surface area contributed by atoms with Crippen LogP contribution < -0.4 is 4.90 Å². The Hall–Kier alpha value is -0.360. The van der Waals surface area contributed by atoms with Gasteiger partial charge in [-0.25, -0.2) is 4.98 Å². The molecule has 3 nitrogen and oxygen atoms in total. The SMILES string of the molecule is CCCN1CCN(c2ccc(I)cn2)CC1. The maximum Gasteiger partial charge on any atom is 0.128 e. The van der Waals surface area contributed by atoms with Crippen LogP contribution in [0.1, 0.15) is 13.3 Å². The van der Waals surface area contributed by atoms with E-state index in [9.17, 15) is 0 Å². The lowest BCUT2D eigenvalue weighted by atomic mass is 10.3. The zero-order valence-electron chi connectivity index (χ0n) is 9.69. The van der Waals surface area contributed by atoms with Crippen LogP contribution in [0.5, 0.6) is 0 Å². The van der Waals surface area contributed by atoms with Gasteiger partial charge in [0.05, 0.1) is 0 Å². The molecule has 1 aromatic rings. The highest BCUT2D eigenvalue weighted by Gasteiger charge is 2.16. The predicted molar refractivity (Wildman–Crippen MR) is 75.9 cm³/mol. The van der Waals surface area contributed by atoms with Crippen molar-refractivity contribution < 1.29 is 0 Å². The topological polar surface area (TPSA) is 19.4 Å². The van der Waals surface area contributed by atoms with Crippen molar-refractivity contribution in [2.75, 3.05) is 37.6 Å². The zero-order valence-corrected chi connectivity index (χ0v) is 11.9. The molecule has 4 heteroatoms. The van der Waals surface area contributed by atoms with Crippen molar-refractivity contribution in [2.45, 2.75) is 13.3 Å². The van der Waals surface area contributed by atoms with E-state index in [1.807, 2.05) is 6.20 Å². The maximum atomic E-state index is 4.47. The molecule has 0 atom stereocenters. The summed E-state index contributed by atoms with van der Waals surface area (Å²) < 4.78 is 1.20. The largest absolute Gasteiger partial charge is 0.354 e. The first-order chi connectivity index (χ1) is 7.79. The fourth-order valence-corrected chi connectivity index (χ4v) is 2.39. The Kier molecular flexibility index (Phi) is 4.40. The van der Waals surface area contributed by atoms with Crippen LogP contribution in [0.2, 0.25) is 0 Å². The standard InChI is InChI=1S/C12H18IN3/c1-2-5-15-6-8-16(9-7-15)12-4-3-11(13)10-14-12/h3-4,10H,2,5-9H2,1H3. The first-order valence-corrected chi connectivity index (χ1v) is 6.96. The van der Waals surface area contributed by atoms with Gasteiger partial charge in [-0.15, -0.1) is 0 Å². The molecule has 1 fully saturated rings. The van der Waals surface area contributed by atoms with Crippen molar-refractivity contribution in [3.8, 4) is 0 Å². The predicted octanol–water partition coefficient (Wildman–Crippen LogP) is 2.22. The number of halogens is 1. The van der Waals surface area contributed by atoms with Crippen LogP contribution in [-0.2, 0) is 0 Å². The van der Waals surface area contributed by atoms with Crippen molar-refractivity contribution in [2.24, 2.45) is 0 Å². The van der Waals surface area contributed by atoms with Crippen molar-refractivity contribution in [3.05, 3.63) is 21.9 Å². The second-order valence-electron chi connectivity index (χ2n) is 4.16. The fourth-order valence-electron chi connectivity index (χ4n) is 2.07.